The average Bonchev–Trinajstić information content (AvgIpc) is 1.27. The van der Waals surface area contributed by atoms with E-state index < -0.39 is 0 Å². The van der Waals surface area contributed by atoms with Gasteiger partial charge in [0.05, 0.1) is 0 Å². The Morgan fingerprint density at radius 2 is 1.71 bits per heavy atom. The molecule has 0 aromatic carbocycles. The van der Waals surface area contributed by atoms with Crippen molar-refractivity contribution in [1.82, 2.24) is 9.84 Å². The SMILES string of the molecule is CN(C)N[SH](C)C. The van der Waals surface area contributed by atoms with Crippen LogP contribution in [0.1, 0.15) is 0 Å². The second kappa shape index (κ2) is 3.29. The van der Waals surface area contributed by atoms with Gasteiger partial charge in [-0.25, -0.2) is 9.84 Å². The van der Waals surface area contributed by atoms with Gasteiger partial charge in [-0.1, -0.05) is 0 Å². The molecule has 2 nitrogen and oxygen atoms in total. The molecule has 0 heterocycles. The summed E-state index contributed by atoms with van der Waals surface area (Å²) >= 11 is 0.0360. The molecule has 0 amide bonds. The van der Waals surface area contributed by atoms with Gasteiger partial charge < -0.3 is 0 Å². The third-order valence-corrected chi connectivity index (χ3v) is 1.20. The minimum absolute atomic E-state index is 0.0360. The van der Waals surface area contributed by atoms with Gasteiger partial charge in [-0.05, 0) is 12.5 Å². The summed E-state index contributed by atoms with van der Waals surface area (Å²) in [4.78, 5) is 3.20. The van der Waals surface area contributed by atoms with Gasteiger partial charge in [0.1, 0.15) is 0 Å². The number of nitrogens with one attached hydrogen (secondary N) is 1. The summed E-state index contributed by atoms with van der Waals surface area (Å²) in [6.45, 7) is 0. The lowest BCUT2D eigenvalue weighted by atomic mass is 11.2. The number of hydrogen-bond donors (Lipinski definition) is 2. The third-order valence-electron chi connectivity index (χ3n) is 0.400. The molecule has 1 N–H and O–H groups in total. The fourth-order valence-electron chi connectivity index (χ4n) is 0.400. The Kier molecular flexibility index (Phi) is 3.42. The molecule has 0 aliphatic rings. The molecule has 0 fully saturated rings. The number of thiol groups is 1. The summed E-state index contributed by atoms with van der Waals surface area (Å²) in [5, 5.41) is 1.98. The van der Waals surface area contributed by atoms with Gasteiger partial charge in [-0.2, -0.15) is 11.1 Å². The van der Waals surface area contributed by atoms with E-state index in [4.69, 9.17) is 0 Å². The minimum Gasteiger partial charge on any atom is -0.242 e. The van der Waals surface area contributed by atoms with Crippen LogP contribution < -0.4 is 4.83 Å². The normalized spacial score (nSPS) is 12.4. The molecule has 0 aliphatic heterocycles. The van der Waals surface area contributed by atoms with Crippen LogP contribution in [0.2, 0.25) is 0 Å². The summed E-state index contributed by atoms with van der Waals surface area (Å²) in [6.07, 6.45) is 4.35. The first kappa shape index (κ1) is 7.27. The minimum atomic E-state index is 0.0360. The maximum Gasteiger partial charge on any atom is 0.00212 e. The van der Waals surface area contributed by atoms with Gasteiger partial charge in [-0.15, -0.1) is 0 Å². The molecular weight excluding hydrogens is 108 g/mol. The van der Waals surface area contributed by atoms with Gasteiger partial charge in [0.15, 0.2) is 0 Å². The van der Waals surface area contributed by atoms with Crippen molar-refractivity contribution in [3.8, 4) is 0 Å². The van der Waals surface area contributed by atoms with Gasteiger partial charge in [0.25, 0.3) is 0 Å². The van der Waals surface area contributed by atoms with E-state index in [0.29, 0.717) is 0 Å². The van der Waals surface area contributed by atoms with Crippen molar-refractivity contribution in [2.24, 2.45) is 0 Å². The predicted molar refractivity (Wildman–Crippen MR) is 37.7 cm³/mol. The smallest absolute Gasteiger partial charge is 0.00212 e. The van der Waals surface area contributed by atoms with Crippen molar-refractivity contribution in [1.29, 1.82) is 0 Å². The Hall–Kier alpha value is 0.270. The van der Waals surface area contributed by atoms with Crippen molar-refractivity contribution >= 4 is 11.1 Å². The molecule has 0 bridgehead atoms. The Labute approximate surface area is 48.3 Å². The average molecular weight is 122 g/mol. The van der Waals surface area contributed by atoms with E-state index in [1.807, 2.05) is 19.1 Å². The van der Waals surface area contributed by atoms with Crippen LogP contribution in [-0.2, 0) is 0 Å². The molecule has 0 unspecified atom stereocenters. The first-order chi connectivity index (χ1) is 3.13. The quantitative estimate of drug-likeness (QED) is 0.402. The highest BCUT2D eigenvalue weighted by atomic mass is 32.2. The summed E-state index contributed by atoms with van der Waals surface area (Å²) in [5.41, 5.74) is 0. The molecule has 0 radical (unpaired) electrons. The number of rotatable bonds is 2. The zero-order valence-electron chi connectivity index (χ0n) is 5.39. The fraction of sp³-hybridized carbons (Fsp3) is 1.00. The summed E-state index contributed by atoms with van der Waals surface area (Å²) in [5.74, 6) is 0. The third kappa shape index (κ3) is 6.27. The van der Waals surface area contributed by atoms with Crippen molar-refractivity contribution in [3.05, 3.63) is 0 Å². The summed E-state index contributed by atoms with van der Waals surface area (Å²) < 4.78 is 0. The number of nitrogens with zero attached hydrogens (tertiary/aromatic N) is 1. The van der Waals surface area contributed by atoms with Gasteiger partial charge in [-0.3, -0.25) is 0 Å². The molecule has 0 aliphatic carbocycles. The molecule has 0 rings (SSSR count). The van der Waals surface area contributed by atoms with Crippen LogP contribution in [0.15, 0.2) is 0 Å². The zero-order valence-corrected chi connectivity index (χ0v) is 6.29. The first-order valence-electron chi connectivity index (χ1n) is 2.24. The van der Waals surface area contributed by atoms with E-state index in [2.05, 4.69) is 17.3 Å². The van der Waals surface area contributed by atoms with Gasteiger partial charge >= 0.3 is 0 Å². The molecular formula is C4H14N2S. The summed E-state index contributed by atoms with van der Waals surface area (Å²) in [6, 6.07) is 0. The van der Waals surface area contributed by atoms with Crippen molar-refractivity contribution in [3.63, 3.8) is 0 Å². The topological polar surface area (TPSA) is 15.3 Å². The molecule has 0 saturated carbocycles. The van der Waals surface area contributed by atoms with Crippen molar-refractivity contribution in [2.75, 3.05) is 26.6 Å². The van der Waals surface area contributed by atoms with E-state index in [1.165, 1.54) is 0 Å². The highest BCUT2D eigenvalue weighted by Gasteiger charge is 1.84. The second-order valence-electron chi connectivity index (χ2n) is 1.89. The van der Waals surface area contributed by atoms with Crippen LogP contribution in [0.25, 0.3) is 0 Å². The Bertz CT molecular complexity index is 39.0. The molecule has 0 aromatic rings. The van der Waals surface area contributed by atoms with Crippen molar-refractivity contribution in [2.45, 2.75) is 0 Å². The lowest BCUT2D eigenvalue weighted by molar-refractivity contribution is 0.384. The van der Waals surface area contributed by atoms with E-state index in [1.54, 1.807) is 0 Å². The Balaban J connectivity index is 2.95. The molecule has 3 heteroatoms. The van der Waals surface area contributed by atoms with Crippen LogP contribution in [0.4, 0.5) is 0 Å². The van der Waals surface area contributed by atoms with Crippen molar-refractivity contribution < 1.29 is 0 Å². The van der Waals surface area contributed by atoms with E-state index >= 15 is 0 Å². The lowest BCUT2D eigenvalue weighted by Gasteiger charge is -2.17. The number of hydrogen-bond acceptors (Lipinski definition) is 2. The molecule has 0 spiro atoms. The van der Waals surface area contributed by atoms with Gasteiger partial charge in [0.2, 0.25) is 0 Å². The highest BCUT2D eigenvalue weighted by molar-refractivity contribution is 8.14. The lowest BCUT2D eigenvalue weighted by Crippen LogP contribution is -2.26. The van der Waals surface area contributed by atoms with Crippen LogP contribution in [-0.4, -0.2) is 31.6 Å². The van der Waals surface area contributed by atoms with Crippen LogP contribution in [0.3, 0.4) is 0 Å². The highest BCUT2D eigenvalue weighted by Crippen LogP contribution is 2.03. The second-order valence-corrected chi connectivity index (χ2v) is 3.88. The van der Waals surface area contributed by atoms with Gasteiger partial charge in [0, 0.05) is 14.1 Å². The maximum absolute atomic E-state index is 3.20. The van der Waals surface area contributed by atoms with Crippen LogP contribution in [0, 0.1) is 0 Å². The zero-order chi connectivity index (χ0) is 5.86. The van der Waals surface area contributed by atoms with E-state index in [9.17, 15) is 0 Å². The number of hydrazine groups is 1. The van der Waals surface area contributed by atoms with E-state index in [0.717, 1.165) is 0 Å². The monoisotopic (exact) mass is 122 g/mol. The molecule has 46 valence electrons. The fourth-order valence-corrected chi connectivity index (χ4v) is 1.20. The molecule has 0 aromatic heterocycles. The maximum atomic E-state index is 3.20. The predicted octanol–water partition coefficient (Wildman–Crippen LogP) is 0.228. The van der Waals surface area contributed by atoms with Crippen LogP contribution >= 0.6 is 11.1 Å². The first-order valence-corrected chi connectivity index (χ1v) is 4.47. The Morgan fingerprint density at radius 3 is 1.71 bits per heavy atom. The molecule has 7 heavy (non-hydrogen) atoms. The summed E-state index contributed by atoms with van der Waals surface area (Å²) in [7, 11) is 4.00. The largest absolute Gasteiger partial charge is 0.242 e. The Morgan fingerprint density at radius 1 is 1.29 bits per heavy atom. The standard InChI is InChI=1S/C4H14N2S/c1-6(2)5-7(3)4/h5,7H,1-4H3. The van der Waals surface area contributed by atoms with E-state index in [-0.39, 0.29) is 11.1 Å². The molecule has 0 atom stereocenters. The molecule has 0 saturated heterocycles. The van der Waals surface area contributed by atoms with Crippen LogP contribution in [0.5, 0.6) is 0 Å².